The zero-order chi connectivity index (χ0) is 15.2. The Bertz CT molecular complexity index is 265. The Labute approximate surface area is 126 Å². The number of carbonyl (C=O) groups is 1. The molecule has 0 aliphatic heterocycles. The van der Waals surface area contributed by atoms with Crippen molar-refractivity contribution < 1.29 is 9.53 Å². The highest BCUT2D eigenvalue weighted by Gasteiger charge is 2.02. The number of esters is 1. The quantitative estimate of drug-likeness (QED) is 0.262. The summed E-state index contributed by atoms with van der Waals surface area (Å²) in [5, 5.41) is 0. The molecular formula is C18H34O2. The van der Waals surface area contributed by atoms with Crippen LogP contribution in [0.2, 0.25) is 0 Å². The maximum Gasteiger partial charge on any atom is 0.305 e. The van der Waals surface area contributed by atoms with Crippen molar-refractivity contribution in [3.8, 4) is 0 Å². The first kappa shape index (κ1) is 19.2. The van der Waals surface area contributed by atoms with Crippen LogP contribution < -0.4 is 0 Å². The van der Waals surface area contributed by atoms with E-state index in [9.17, 15) is 4.79 Å². The van der Waals surface area contributed by atoms with Crippen molar-refractivity contribution in [2.75, 3.05) is 6.61 Å². The van der Waals surface area contributed by atoms with Crippen molar-refractivity contribution in [2.24, 2.45) is 5.92 Å². The van der Waals surface area contributed by atoms with Gasteiger partial charge in [0.05, 0.1) is 6.61 Å². The maximum atomic E-state index is 11.1. The lowest BCUT2D eigenvalue weighted by Gasteiger charge is -2.09. The Kier molecular flexibility index (Phi) is 12.7. The summed E-state index contributed by atoms with van der Waals surface area (Å²) in [6.07, 6.45) is 12.8. The molecule has 0 spiro atoms. The van der Waals surface area contributed by atoms with Crippen LogP contribution in [0.4, 0.5) is 0 Å². The largest absolute Gasteiger partial charge is 0.466 e. The van der Waals surface area contributed by atoms with Crippen molar-refractivity contribution in [2.45, 2.75) is 85.5 Å². The second-order valence-corrected chi connectivity index (χ2v) is 6.08. The lowest BCUT2D eigenvalue weighted by atomic mass is 9.97. The molecule has 0 amide bonds. The number of hydrogen-bond donors (Lipinski definition) is 0. The average molecular weight is 282 g/mol. The number of carbonyl (C=O) groups excluding carboxylic acids is 1. The van der Waals surface area contributed by atoms with Crippen molar-refractivity contribution in [3.63, 3.8) is 0 Å². The van der Waals surface area contributed by atoms with Gasteiger partial charge in [0.25, 0.3) is 0 Å². The maximum absolute atomic E-state index is 11.1. The second kappa shape index (κ2) is 13.2. The Balaban J connectivity index is 3.31. The SMILES string of the molecule is CCOC(=O)CCCCCCCC(C)CCC=C(C)C. The van der Waals surface area contributed by atoms with Gasteiger partial charge in [0, 0.05) is 6.42 Å². The number of unbranched alkanes of at least 4 members (excludes halogenated alkanes) is 4. The highest BCUT2D eigenvalue weighted by atomic mass is 16.5. The van der Waals surface area contributed by atoms with Gasteiger partial charge in [-0.05, 0) is 46.0 Å². The number of ether oxygens (including phenoxy) is 1. The molecule has 2 nitrogen and oxygen atoms in total. The Morgan fingerprint density at radius 2 is 1.70 bits per heavy atom. The molecule has 0 rings (SSSR count). The topological polar surface area (TPSA) is 26.3 Å². The zero-order valence-electron chi connectivity index (χ0n) is 14.0. The highest BCUT2D eigenvalue weighted by molar-refractivity contribution is 5.69. The van der Waals surface area contributed by atoms with Crippen LogP contribution >= 0.6 is 0 Å². The molecule has 2 heteroatoms. The van der Waals surface area contributed by atoms with E-state index in [4.69, 9.17) is 4.74 Å². The van der Waals surface area contributed by atoms with Crippen LogP contribution in [-0.4, -0.2) is 12.6 Å². The number of rotatable bonds is 12. The summed E-state index contributed by atoms with van der Waals surface area (Å²) >= 11 is 0. The second-order valence-electron chi connectivity index (χ2n) is 6.08. The summed E-state index contributed by atoms with van der Waals surface area (Å²) in [5.41, 5.74) is 1.43. The van der Waals surface area contributed by atoms with E-state index in [-0.39, 0.29) is 5.97 Å². The van der Waals surface area contributed by atoms with E-state index in [1.165, 1.54) is 44.1 Å². The van der Waals surface area contributed by atoms with Gasteiger partial charge in [-0.3, -0.25) is 4.79 Å². The Morgan fingerprint density at radius 1 is 1.05 bits per heavy atom. The molecule has 0 aromatic rings. The summed E-state index contributed by atoms with van der Waals surface area (Å²) in [5.74, 6) is 0.797. The van der Waals surface area contributed by atoms with Crippen LogP contribution in [0.15, 0.2) is 11.6 Å². The van der Waals surface area contributed by atoms with Gasteiger partial charge in [-0.15, -0.1) is 0 Å². The van der Waals surface area contributed by atoms with Gasteiger partial charge < -0.3 is 4.74 Å². The van der Waals surface area contributed by atoms with E-state index in [1.807, 2.05) is 6.92 Å². The van der Waals surface area contributed by atoms with Crippen LogP contribution in [0.5, 0.6) is 0 Å². The third-order valence-corrected chi connectivity index (χ3v) is 3.60. The van der Waals surface area contributed by atoms with Crippen LogP contribution in [0.1, 0.15) is 85.5 Å². The predicted molar refractivity (Wildman–Crippen MR) is 86.8 cm³/mol. The molecule has 0 radical (unpaired) electrons. The fraction of sp³-hybridized carbons (Fsp3) is 0.833. The fourth-order valence-electron chi connectivity index (χ4n) is 2.33. The lowest BCUT2D eigenvalue weighted by Crippen LogP contribution is -2.03. The number of hydrogen-bond acceptors (Lipinski definition) is 2. The van der Waals surface area contributed by atoms with E-state index in [0.717, 1.165) is 18.8 Å². The first-order valence-electron chi connectivity index (χ1n) is 8.35. The molecule has 118 valence electrons. The molecule has 0 heterocycles. The molecule has 0 bridgehead atoms. The monoisotopic (exact) mass is 282 g/mol. The molecular weight excluding hydrogens is 248 g/mol. The van der Waals surface area contributed by atoms with Crippen molar-refractivity contribution in [3.05, 3.63) is 11.6 Å². The van der Waals surface area contributed by atoms with Crippen molar-refractivity contribution >= 4 is 5.97 Å². The van der Waals surface area contributed by atoms with Gasteiger partial charge in [0.1, 0.15) is 0 Å². The van der Waals surface area contributed by atoms with E-state index < -0.39 is 0 Å². The summed E-state index contributed by atoms with van der Waals surface area (Å²) in [7, 11) is 0. The van der Waals surface area contributed by atoms with E-state index in [0.29, 0.717) is 13.0 Å². The predicted octanol–water partition coefficient (Wildman–Crippen LogP) is 5.66. The van der Waals surface area contributed by atoms with E-state index in [1.54, 1.807) is 0 Å². The lowest BCUT2D eigenvalue weighted by molar-refractivity contribution is -0.143. The summed E-state index contributed by atoms with van der Waals surface area (Å²) in [6.45, 7) is 9.06. The van der Waals surface area contributed by atoms with E-state index >= 15 is 0 Å². The average Bonchev–Trinajstić information content (AvgIpc) is 2.37. The van der Waals surface area contributed by atoms with Gasteiger partial charge in [0.15, 0.2) is 0 Å². The molecule has 0 aliphatic rings. The summed E-state index contributed by atoms with van der Waals surface area (Å²) < 4.78 is 4.91. The Morgan fingerprint density at radius 3 is 2.35 bits per heavy atom. The summed E-state index contributed by atoms with van der Waals surface area (Å²) in [6, 6.07) is 0. The van der Waals surface area contributed by atoms with Crippen LogP contribution in [-0.2, 0) is 9.53 Å². The van der Waals surface area contributed by atoms with E-state index in [2.05, 4.69) is 26.8 Å². The first-order chi connectivity index (χ1) is 9.56. The third kappa shape index (κ3) is 13.6. The van der Waals surface area contributed by atoms with Gasteiger partial charge in [0.2, 0.25) is 0 Å². The minimum Gasteiger partial charge on any atom is -0.466 e. The van der Waals surface area contributed by atoms with Gasteiger partial charge in [-0.1, -0.05) is 50.7 Å². The minimum atomic E-state index is -0.0413. The highest BCUT2D eigenvalue weighted by Crippen LogP contribution is 2.17. The first-order valence-corrected chi connectivity index (χ1v) is 8.35. The Hall–Kier alpha value is -0.790. The van der Waals surface area contributed by atoms with Crippen LogP contribution in [0.25, 0.3) is 0 Å². The van der Waals surface area contributed by atoms with Crippen molar-refractivity contribution in [1.29, 1.82) is 0 Å². The summed E-state index contributed by atoms with van der Waals surface area (Å²) in [4.78, 5) is 11.1. The normalized spacial score (nSPS) is 12.0. The van der Waals surface area contributed by atoms with Crippen LogP contribution in [0, 0.1) is 5.92 Å². The fourth-order valence-corrected chi connectivity index (χ4v) is 2.33. The zero-order valence-corrected chi connectivity index (χ0v) is 14.0. The molecule has 0 aliphatic carbocycles. The molecule has 0 aromatic heterocycles. The molecule has 0 N–H and O–H groups in total. The third-order valence-electron chi connectivity index (χ3n) is 3.60. The molecule has 1 unspecified atom stereocenters. The van der Waals surface area contributed by atoms with Gasteiger partial charge >= 0.3 is 5.97 Å². The molecule has 20 heavy (non-hydrogen) atoms. The van der Waals surface area contributed by atoms with Crippen molar-refractivity contribution in [1.82, 2.24) is 0 Å². The molecule has 0 fully saturated rings. The van der Waals surface area contributed by atoms with Gasteiger partial charge in [-0.2, -0.15) is 0 Å². The van der Waals surface area contributed by atoms with Crippen LogP contribution in [0.3, 0.4) is 0 Å². The number of allylic oxidation sites excluding steroid dienone is 2. The minimum absolute atomic E-state index is 0.0413. The standard InChI is InChI=1S/C18H34O2/c1-5-20-18(19)15-10-8-6-7-9-13-17(4)14-11-12-16(2)3/h12,17H,5-11,13-15H2,1-4H3. The molecule has 1 atom stereocenters. The molecule has 0 aromatic carbocycles. The molecule has 0 saturated heterocycles. The van der Waals surface area contributed by atoms with Gasteiger partial charge in [-0.25, -0.2) is 0 Å². The smallest absolute Gasteiger partial charge is 0.305 e. The molecule has 0 saturated carbocycles.